The van der Waals surface area contributed by atoms with Crippen LogP contribution in [0.1, 0.15) is 46.7 Å². The van der Waals surface area contributed by atoms with E-state index in [2.05, 4.69) is 22.5 Å². The van der Waals surface area contributed by atoms with E-state index < -0.39 is 12.1 Å². The van der Waals surface area contributed by atoms with Crippen LogP contribution in [0.4, 0.5) is 10.6 Å². The van der Waals surface area contributed by atoms with E-state index in [4.69, 9.17) is 9.84 Å². The third kappa shape index (κ3) is 4.49. The average molecular weight is 475 g/mol. The molecule has 9 nitrogen and oxygen atoms in total. The van der Waals surface area contributed by atoms with Crippen molar-refractivity contribution in [2.24, 2.45) is 7.05 Å². The van der Waals surface area contributed by atoms with Gasteiger partial charge in [-0.15, -0.1) is 0 Å². The molecule has 3 aromatic rings. The van der Waals surface area contributed by atoms with Gasteiger partial charge in [0.05, 0.1) is 12.6 Å². The zero-order chi connectivity index (χ0) is 24.5. The molecule has 2 aliphatic rings. The molecule has 0 radical (unpaired) electrons. The molecule has 35 heavy (non-hydrogen) atoms. The molecule has 2 amide bonds. The van der Waals surface area contributed by atoms with Gasteiger partial charge in [0.25, 0.3) is 5.91 Å². The van der Waals surface area contributed by atoms with Crippen molar-refractivity contribution in [1.82, 2.24) is 14.7 Å². The molecule has 0 aliphatic heterocycles. The molecule has 0 bridgehead atoms. The lowest BCUT2D eigenvalue weighted by Gasteiger charge is -2.22. The van der Waals surface area contributed by atoms with Gasteiger partial charge in [0.2, 0.25) is 0 Å². The molecule has 0 atom stereocenters. The maximum atomic E-state index is 13.2. The first kappa shape index (κ1) is 22.6. The second-order valence-electron chi connectivity index (χ2n) is 8.85. The van der Waals surface area contributed by atoms with Gasteiger partial charge in [-0.2, -0.15) is 5.10 Å². The van der Waals surface area contributed by atoms with Crippen molar-refractivity contribution >= 4 is 23.8 Å². The minimum absolute atomic E-state index is 0.0179. The largest absolute Gasteiger partial charge is 0.481 e. The van der Waals surface area contributed by atoms with E-state index in [1.165, 1.54) is 10.9 Å². The molecule has 1 fully saturated rings. The lowest BCUT2D eigenvalue weighted by atomic mass is 9.98. The smallest absolute Gasteiger partial charge is 0.412 e. The number of hydrogen-bond donors (Lipinski definition) is 2. The summed E-state index contributed by atoms with van der Waals surface area (Å²) >= 11 is 0. The number of carboxylic acid groups (broad SMARTS) is 1. The van der Waals surface area contributed by atoms with Crippen molar-refractivity contribution in [2.45, 2.75) is 31.2 Å². The van der Waals surface area contributed by atoms with Crippen LogP contribution in [-0.4, -0.2) is 57.0 Å². The molecule has 0 spiro atoms. The molecule has 2 N–H and O–H groups in total. The van der Waals surface area contributed by atoms with Gasteiger partial charge in [-0.1, -0.05) is 48.5 Å². The van der Waals surface area contributed by atoms with Crippen LogP contribution in [0.5, 0.6) is 0 Å². The molecule has 2 aromatic carbocycles. The van der Waals surface area contributed by atoms with Gasteiger partial charge in [-0.25, -0.2) is 4.79 Å². The molecule has 0 unspecified atom stereocenters. The summed E-state index contributed by atoms with van der Waals surface area (Å²) in [6.45, 7) is 0.256. The van der Waals surface area contributed by atoms with Crippen LogP contribution in [0, 0.1) is 0 Å². The van der Waals surface area contributed by atoms with Crippen LogP contribution in [0.15, 0.2) is 54.7 Å². The molecule has 1 aromatic heterocycles. The van der Waals surface area contributed by atoms with Gasteiger partial charge in [-0.05, 0) is 35.1 Å². The Balaban J connectivity index is 1.29. The number of carboxylic acids is 1. The van der Waals surface area contributed by atoms with Gasteiger partial charge in [-0.3, -0.25) is 19.6 Å². The van der Waals surface area contributed by atoms with Gasteiger partial charge in [0, 0.05) is 25.6 Å². The van der Waals surface area contributed by atoms with Gasteiger partial charge < -0.3 is 14.7 Å². The Bertz CT molecular complexity index is 1250. The molecular weight excluding hydrogens is 448 g/mol. The summed E-state index contributed by atoms with van der Waals surface area (Å²) in [6, 6.07) is 16.2. The van der Waals surface area contributed by atoms with Crippen molar-refractivity contribution in [2.75, 3.05) is 18.5 Å². The number of carbonyl (C=O) groups is 3. The van der Waals surface area contributed by atoms with E-state index >= 15 is 0 Å². The topological polar surface area (TPSA) is 114 Å². The number of aliphatic carboxylic acids is 1. The van der Waals surface area contributed by atoms with E-state index in [1.54, 1.807) is 11.9 Å². The zero-order valence-electron chi connectivity index (χ0n) is 19.3. The fourth-order valence-electron chi connectivity index (χ4n) is 4.68. The number of benzene rings is 2. The van der Waals surface area contributed by atoms with Crippen molar-refractivity contribution in [3.05, 3.63) is 71.4 Å². The maximum absolute atomic E-state index is 13.2. The summed E-state index contributed by atoms with van der Waals surface area (Å²) in [4.78, 5) is 38.5. The minimum atomic E-state index is -0.966. The Hall–Kier alpha value is -4.14. The lowest BCUT2D eigenvalue weighted by Crippen LogP contribution is -2.35. The first-order chi connectivity index (χ1) is 16.9. The standard InChI is InChI=1S/C26H26N4O5/c1-29-24(21(14-27-29)25(33)30(16-10-11-16)13-12-23(31)32)28-26(34)35-15-22-19-8-4-2-6-17(19)18-7-3-5-9-20(18)22/h2-9,14,16,22H,10-13,15H2,1H3,(H,28,34)(H,31,32). The van der Waals surface area contributed by atoms with Gasteiger partial charge >= 0.3 is 12.1 Å². The van der Waals surface area contributed by atoms with Crippen molar-refractivity contribution in [1.29, 1.82) is 0 Å². The van der Waals surface area contributed by atoms with E-state index in [0.717, 1.165) is 35.1 Å². The Morgan fingerprint density at radius 3 is 2.31 bits per heavy atom. The van der Waals surface area contributed by atoms with E-state index in [-0.39, 0.29) is 48.8 Å². The van der Waals surface area contributed by atoms with Crippen LogP contribution in [-0.2, 0) is 16.6 Å². The summed E-state index contributed by atoms with van der Waals surface area (Å²) in [5.41, 5.74) is 4.70. The highest BCUT2D eigenvalue weighted by molar-refractivity contribution is 6.02. The first-order valence-electron chi connectivity index (χ1n) is 11.6. The zero-order valence-corrected chi connectivity index (χ0v) is 19.3. The van der Waals surface area contributed by atoms with Crippen molar-refractivity contribution < 1.29 is 24.2 Å². The number of nitrogens with one attached hydrogen (secondary N) is 1. The summed E-state index contributed by atoms with van der Waals surface area (Å²) in [5.74, 6) is -1.18. The molecule has 2 aliphatic carbocycles. The van der Waals surface area contributed by atoms with Crippen LogP contribution in [0.2, 0.25) is 0 Å². The van der Waals surface area contributed by atoms with Gasteiger partial charge in [0.1, 0.15) is 18.0 Å². The number of rotatable bonds is 8. The first-order valence-corrected chi connectivity index (χ1v) is 11.6. The van der Waals surface area contributed by atoms with Crippen LogP contribution >= 0.6 is 0 Å². The summed E-state index contributed by atoms with van der Waals surface area (Å²) in [7, 11) is 1.62. The second kappa shape index (κ2) is 9.25. The number of anilines is 1. The molecule has 5 rings (SSSR count). The number of carbonyl (C=O) groups excluding carboxylic acids is 2. The summed E-state index contributed by atoms with van der Waals surface area (Å²) < 4.78 is 7.01. The number of nitrogens with zero attached hydrogens (tertiary/aromatic N) is 3. The number of hydrogen-bond acceptors (Lipinski definition) is 5. The normalized spacial score (nSPS) is 14.2. The minimum Gasteiger partial charge on any atom is -0.481 e. The molecule has 1 saturated carbocycles. The van der Waals surface area contributed by atoms with E-state index in [9.17, 15) is 14.4 Å². The number of aromatic nitrogens is 2. The quantitative estimate of drug-likeness (QED) is 0.513. The molecule has 0 saturated heterocycles. The molecule has 1 heterocycles. The Morgan fingerprint density at radius 2 is 1.71 bits per heavy atom. The fourth-order valence-corrected chi connectivity index (χ4v) is 4.68. The summed E-state index contributed by atoms with van der Waals surface area (Å²) in [6.07, 6.45) is 2.23. The predicted molar refractivity (Wildman–Crippen MR) is 128 cm³/mol. The third-order valence-electron chi connectivity index (χ3n) is 6.55. The van der Waals surface area contributed by atoms with Crippen molar-refractivity contribution in [3.8, 4) is 11.1 Å². The van der Waals surface area contributed by atoms with Crippen LogP contribution in [0.25, 0.3) is 11.1 Å². The highest BCUT2D eigenvalue weighted by atomic mass is 16.5. The molecule has 180 valence electrons. The molecular formula is C26H26N4O5. The molecule has 9 heteroatoms. The monoisotopic (exact) mass is 474 g/mol. The Labute approximate surface area is 202 Å². The summed E-state index contributed by atoms with van der Waals surface area (Å²) in [5, 5.41) is 15.8. The van der Waals surface area contributed by atoms with Gasteiger partial charge in [0.15, 0.2) is 0 Å². The van der Waals surface area contributed by atoms with E-state index in [0.29, 0.717) is 0 Å². The Kier molecular flexibility index (Phi) is 5.98. The SMILES string of the molecule is Cn1ncc(C(=O)N(CCC(=O)O)C2CC2)c1NC(=O)OCC1c2ccccc2-c2ccccc21. The van der Waals surface area contributed by atoms with Crippen molar-refractivity contribution in [3.63, 3.8) is 0 Å². The number of amides is 2. The maximum Gasteiger partial charge on any atom is 0.412 e. The van der Waals surface area contributed by atoms with Crippen LogP contribution < -0.4 is 5.32 Å². The highest BCUT2D eigenvalue weighted by Crippen LogP contribution is 2.44. The fraction of sp³-hybridized carbons (Fsp3) is 0.308. The number of fused-ring (bicyclic) bond motifs is 3. The van der Waals surface area contributed by atoms with E-state index in [1.807, 2.05) is 36.4 Å². The number of aryl methyl sites for hydroxylation is 1. The Morgan fingerprint density at radius 1 is 1.09 bits per heavy atom. The predicted octanol–water partition coefficient (Wildman–Crippen LogP) is 3.86. The third-order valence-corrected chi connectivity index (χ3v) is 6.55. The average Bonchev–Trinajstić information content (AvgIpc) is 3.55. The van der Waals surface area contributed by atoms with Crippen LogP contribution in [0.3, 0.4) is 0 Å². The highest BCUT2D eigenvalue weighted by Gasteiger charge is 2.35. The lowest BCUT2D eigenvalue weighted by molar-refractivity contribution is -0.137. The second-order valence-corrected chi connectivity index (χ2v) is 8.85. The number of ether oxygens (including phenoxy) is 1.